The summed E-state index contributed by atoms with van der Waals surface area (Å²) >= 11 is 0. The molecule has 5 heteroatoms. The first-order valence-electron chi connectivity index (χ1n) is 5.20. The average Bonchev–Trinajstić information content (AvgIpc) is 2.76. The molecule has 1 aliphatic carbocycles. The number of rotatable bonds is 1. The zero-order valence-electron chi connectivity index (χ0n) is 8.51. The Morgan fingerprint density at radius 2 is 2.40 bits per heavy atom. The van der Waals surface area contributed by atoms with Crippen LogP contribution in [0.4, 0.5) is 0 Å². The van der Waals surface area contributed by atoms with E-state index in [2.05, 4.69) is 0 Å². The molecule has 0 radical (unpaired) electrons. The average molecular weight is 214 g/mol. The third kappa shape index (κ3) is 1.11. The molecule has 0 spiro atoms. The van der Waals surface area contributed by atoms with Gasteiger partial charge < -0.3 is 19.3 Å². The van der Waals surface area contributed by atoms with Crippen molar-refractivity contribution in [3.63, 3.8) is 0 Å². The van der Waals surface area contributed by atoms with Gasteiger partial charge in [0.1, 0.15) is 11.7 Å². The number of ether oxygens (including phenoxy) is 3. The number of fused-ring (bicyclic) bond motifs is 3. The van der Waals surface area contributed by atoms with Gasteiger partial charge in [-0.25, -0.2) is 0 Å². The first kappa shape index (κ1) is 9.57. The maximum absolute atomic E-state index is 11.2. The number of hydrogen-bond donors (Lipinski definition) is 1. The summed E-state index contributed by atoms with van der Waals surface area (Å²) in [5.74, 6) is -0.247. The SMILES string of the molecule is CO[C@]12COC(O)[C@H]1[C@H]1CC(=O)O[C@H]1C2. The molecule has 3 fully saturated rings. The Kier molecular flexibility index (Phi) is 1.87. The van der Waals surface area contributed by atoms with E-state index in [0.29, 0.717) is 19.4 Å². The van der Waals surface area contributed by atoms with E-state index >= 15 is 0 Å². The molecule has 1 unspecified atom stereocenters. The molecule has 0 amide bonds. The standard InChI is InChI=1S/C10H14O5/c1-13-10-3-6-5(2-7(11)15-6)8(10)9(12)14-4-10/h5-6,8-9,12H,2-4H2,1H3/t5-,6-,8+,9?,10+/m0/s1. The van der Waals surface area contributed by atoms with Crippen LogP contribution in [0.2, 0.25) is 0 Å². The molecule has 15 heavy (non-hydrogen) atoms. The fraction of sp³-hybridized carbons (Fsp3) is 0.900. The summed E-state index contributed by atoms with van der Waals surface area (Å²) in [4.78, 5) is 11.2. The lowest BCUT2D eigenvalue weighted by Gasteiger charge is -2.27. The van der Waals surface area contributed by atoms with E-state index in [1.165, 1.54) is 0 Å². The Morgan fingerprint density at radius 1 is 1.60 bits per heavy atom. The van der Waals surface area contributed by atoms with Gasteiger partial charge in [0.15, 0.2) is 6.29 Å². The van der Waals surface area contributed by atoms with Gasteiger partial charge in [-0.3, -0.25) is 4.79 Å². The molecule has 3 rings (SSSR count). The van der Waals surface area contributed by atoms with Crippen molar-refractivity contribution in [1.29, 1.82) is 0 Å². The summed E-state index contributed by atoms with van der Waals surface area (Å²) in [5.41, 5.74) is -0.449. The lowest BCUT2D eigenvalue weighted by Crippen LogP contribution is -2.39. The summed E-state index contributed by atoms with van der Waals surface area (Å²) in [5, 5.41) is 9.76. The van der Waals surface area contributed by atoms with Gasteiger partial charge in [-0.05, 0) is 0 Å². The second-order valence-corrected chi connectivity index (χ2v) is 4.60. The molecule has 5 atom stereocenters. The van der Waals surface area contributed by atoms with Crippen LogP contribution < -0.4 is 0 Å². The molecule has 84 valence electrons. The third-order valence-corrected chi connectivity index (χ3v) is 3.99. The predicted octanol–water partition coefficient (Wildman–Crippen LogP) is -0.328. The molecule has 2 saturated heterocycles. The second-order valence-electron chi connectivity index (χ2n) is 4.60. The van der Waals surface area contributed by atoms with E-state index in [9.17, 15) is 9.90 Å². The van der Waals surface area contributed by atoms with E-state index in [1.54, 1.807) is 7.11 Å². The highest BCUT2D eigenvalue weighted by Crippen LogP contribution is 2.53. The lowest BCUT2D eigenvalue weighted by atomic mass is 9.86. The van der Waals surface area contributed by atoms with Gasteiger partial charge in [-0.15, -0.1) is 0 Å². The van der Waals surface area contributed by atoms with Crippen molar-refractivity contribution >= 4 is 5.97 Å². The topological polar surface area (TPSA) is 65.0 Å². The van der Waals surface area contributed by atoms with Crippen LogP contribution in [0.15, 0.2) is 0 Å². The summed E-state index contributed by atoms with van der Waals surface area (Å²) in [7, 11) is 1.62. The van der Waals surface area contributed by atoms with Crippen molar-refractivity contribution in [2.45, 2.75) is 30.8 Å². The van der Waals surface area contributed by atoms with E-state index in [1.807, 2.05) is 0 Å². The predicted molar refractivity (Wildman–Crippen MR) is 47.8 cm³/mol. The van der Waals surface area contributed by atoms with Crippen LogP contribution >= 0.6 is 0 Å². The van der Waals surface area contributed by atoms with Gasteiger partial charge >= 0.3 is 5.97 Å². The Bertz CT molecular complexity index is 304. The largest absolute Gasteiger partial charge is 0.462 e. The van der Waals surface area contributed by atoms with Crippen LogP contribution in [0.1, 0.15) is 12.8 Å². The highest BCUT2D eigenvalue weighted by Gasteiger charge is 2.64. The van der Waals surface area contributed by atoms with Crippen LogP contribution in [0.5, 0.6) is 0 Å². The van der Waals surface area contributed by atoms with Gasteiger partial charge in [-0.2, -0.15) is 0 Å². The van der Waals surface area contributed by atoms with E-state index in [0.717, 1.165) is 0 Å². The molecule has 2 aliphatic heterocycles. The van der Waals surface area contributed by atoms with Gasteiger partial charge in [-0.1, -0.05) is 0 Å². The van der Waals surface area contributed by atoms with Crippen molar-refractivity contribution in [1.82, 2.24) is 0 Å². The zero-order valence-corrected chi connectivity index (χ0v) is 8.51. The fourth-order valence-electron chi connectivity index (χ4n) is 3.28. The maximum Gasteiger partial charge on any atom is 0.306 e. The highest BCUT2D eigenvalue weighted by molar-refractivity contribution is 5.72. The van der Waals surface area contributed by atoms with Crippen LogP contribution in [-0.2, 0) is 19.0 Å². The summed E-state index contributed by atoms with van der Waals surface area (Å²) < 4.78 is 15.9. The minimum atomic E-state index is -0.825. The first-order chi connectivity index (χ1) is 7.16. The Labute approximate surface area is 87.3 Å². The fourth-order valence-corrected chi connectivity index (χ4v) is 3.28. The Morgan fingerprint density at radius 3 is 3.13 bits per heavy atom. The molecule has 0 bridgehead atoms. The van der Waals surface area contributed by atoms with Crippen molar-refractivity contribution in [2.24, 2.45) is 11.8 Å². The molecule has 1 N–H and O–H groups in total. The van der Waals surface area contributed by atoms with Gasteiger partial charge in [0.25, 0.3) is 0 Å². The third-order valence-electron chi connectivity index (χ3n) is 3.99. The maximum atomic E-state index is 11.2. The summed E-state index contributed by atoms with van der Waals surface area (Å²) in [6.07, 6.45) is 0.0955. The number of methoxy groups -OCH3 is 1. The number of carbonyl (C=O) groups is 1. The van der Waals surface area contributed by atoms with Crippen LogP contribution in [0.25, 0.3) is 0 Å². The minimum absolute atomic E-state index is 0.0509. The number of esters is 1. The number of aliphatic hydroxyl groups is 1. The number of aliphatic hydroxyl groups excluding tert-OH is 1. The Hall–Kier alpha value is -0.650. The van der Waals surface area contributed by atoms with Crippen LogP contribution in [-0.4, -0.2) is 42.8 Å². The van der Waals surface area contributed by atoms with Crippen molar-refractivity contribution in [3.05, 3.63) is 0 Å². The van der Waals surface area contributed by atoms with Crippen LogP contribution in [0.3, 0.4) is 0 Å². The second kappa shape index (κ2) is 2.93. The minimum Gasteiger partial charge on any atom is -0.462 e. The van der Waals surface area contributed by atoms with E-state index < -0.39 is 11.9 Å². The number of carbonyl (C=O) groups excluding carboxylic acids is 1. The van der Waals surface area contributed by atoms with Crippen molar-refractivity contribution in [2.75, 3.05) is 13.7 Å². The molecule has 1 saturated carbocycles. The zero-order chi connectivity index (χ0) is 10.6. The molecule has 5 nitrogen and oxygen atoms in total. The van der Waals surface area contributed by atoms with E-state index in [4.69, 9.17) is 14.2 Å². The molecular formula is C10H14O5. The smallest absolute Gasteiger partial charge is 0.306 e. The van der Waals surface area contributed by atoms with Crippen LogP contribution in [0, 0.1) is 11.8 Å². The van der Waals surface area contributed by atoms with Crippen molar-refractivity contribution in [3.8, 4) is 0 Å². The van der Waals surface area contributed by atoms with E-state index in [-0.39, 0.29) is 23.9 Å². The Balaban J connectivity index is 1.92. The molecule has 0 aromatic heterocycles. The molecule has 0 aromatic rings. The molecular weight excluding hydrogens is 200 g/mol. The quantitative estimate of drug-likeness (QED) is 0.605. The monoisotopic (exact) mass is 214 g/mol. The number of hydrogen-bond acceptors (Lipinski definition) is 5. The molecule has 2 heterocycles. The normalized spacial score (nSPS) is 52.8. The van der Waals surface area contributed by atoms with Crippen molar-refractivity contribution < 1.29 is 24.1 Å². The summed E-state index contributed by atoms with van der Waals surface area (Å²) in [6, 6.07) is 0. The van der Waals surface area contributed by atoms with Gasteiger partial charge in [0.05, 0.1) is 13.0 Å². The lowest BCUT2D eigenvalue weighted by molar-refractivity contribution is -0.143. The first-order valence-corrected chi connectivity index (χ1v) is 5.20. The van der Waals surface area contributed by atoms with Gasteiger partial charge in [0, 0.05) is 25.4 Å². The van der Waals surface area contributed by atoms with Gasteiger partial charge in [0.2, 0.25) is 0 Å². The molecule has 3 aliphatic rings. The highest BCUT2D eigenvalue weighted by atomic mass is 16.6. The summed E-state index contributed by atoms with van der Waals surface area (Å²) in [6.45, 7) is 0.389. The molecule has 0 aromatic carbocycles.